The SMILES string of the molecule is CCCOc1ccc2ccccc2c1/C=N\NC(=O)C(=O)NC. The van der Waals surface area contributed by atoms with Crippen molar-refractivity contribution in [2.75, 3.05) is 13.7 Å². The summed E-state index contributed by atoms with van der Waals surface area (Å²) in [7, 11) is 1.38. The molecule has 0 spiro atoms. The number of amides is 2. The van der Waals surface area contributed by atoms with E-state index in [0.29, 0.717) is 12.4 Å². The van der Waals surface area contributed by atoms with Crippen molar-refractivity contribution in [3.05, 3.63) is 42.0 Å². The summed E-state index contributed by atoms with van der Waals surface area (Å²) < 4.78 is 5.74. The van der Waals surface area contributed by atoms with E-state index >= 15 is 0 Å². The number of hydrogen-bond acceptors (Lipinski definition) is 4. The molecule has 0 atom stereocenters. The van der Waals surface area contributed by atoms with Crippen molar-refractivity contribution in [3.8, 4) is 5.75 Å². The second-order valence-corrected chi connectivity index (χ2v) is 4.83. The fraction of sp³-hybridized carbons (Fsp3) is 0.235. The van der Waals surface area contributed by atoms with Crippen LogP contribution in [-0.2, 0) is 9.59 Å². The second kappa shape index (κ2) is 7.93. The fourth-order valence-corrected chi connectivity index (χ4v) is 2.07. The molecule has 2 rings (SSSR count). The Morgan fingerprint density at radius 1 is 1.17 bits per heavy atom. The van der Waals surface area contributed by atoms with Gasteiger partial charge in [0.1, 0.15) is 5.75 Å². The summed E-state index contributed by atoms with van der Waals surface area (Å²) in [5.41, 5.74) is 2.95. The average Bonchev–Trinajstić information content (AvgIpc) is 2.59. The van der Waals surface area contributed by atoms with Gasteiger partial charge in [-0.2, -0.15) is 5.10 Å². The molecule has 0 aliphatic carbocycles. The zero-order chi connectivity index (χ0) is 16.7. The van der Waals surface area contributed by atoms with Gasteiger partial charge < -0.3 is 10.1 Å². The van der Waals surface area contributed by atoms with Gasteiger partial charge in [-0.15, -0.1) is 0 Å². The molecule has 0 saturated carbocycles. The largest absolute Gasteiger partial charge is 0.493 e. The maximum Gasteiger partial charge on any atom is 0.329 e. The van der Waals surface area contributed by atoms with E-state index in [4.69, 9.17) is 4.74 Å². The number of nitrogens with one attached hydrogen (secondary N) is 2. The highest BCUT2D eigenvalue weighted by atomic mass is 16.5. The maximum atomic E-state index is 11.4. The average molecular weight is 313 g/mol. The van der Waals surface area contributed by atoms with Gasteiger partial charge in [-0.05, 0) is 23.3 Å². The quantitative estimate of drug-likeness (QED) is 0.502. The summed E-state index contributed by atoms with van der Waals surface area (Å²) in [6.45, 7) is 2.61. The number of rotatable bonds is 5. The van der Waals surface area contributed by atoms with E-state index in [9.17, 15) is 9.59 Å². The van der Waals surface area contributed by atoms with Gasteiger partial charge >= 0.3 is 11.8 Å². The van der Waals surface area contributed by atoms with Crippen LogP contribution in [0.25, 0.3) is 10.8 Å². The van der Waals surface area contributed by atoms with Crippen molar-refractivity contribution in [2.24, 2.45) is 5.10 Å². The number of fused-ring (bicyclic) bond motifs is 1. The van der Waals surface area contributed by atoms with Gasteiger partial charge in [-0.25, -0.2) is 5.43 Å². The number of likely N-dealkylation sites (N-methyl/N-ethyl adjacent to an activating group) is 1. The maximum absolute atomic E-state index is 11.4. The molecule has 23 heavy (non-hydrogen) atoms. The van der Waals surface area contributed by atoms with Crippen molar-refractivity contribution < 1.29 is 14.3 Å². The van der Waals surface area contributed by atoms with Crippen molar-refractivity contribution in [2.45, 2.75) is 13.3 Å². The Hall–Kier alpha value is -2.89. The summed E-state index contributed by atoms with van der Waals surface area (Å²) in [4.78, 5) is 22.6. The first-order valence-electron chi connectivity index (χ1n) is 7.37. The van der Waals surface area contributed by atoms with Crippen molar-refractivity contribution >= 4 is 28.8 Å². The Labute approximate surface area is 134 Å². The number of benzene rings is 2. The molecule has 0 unspecified atom stereocenters. The molecule has 0 saturated heterocycles. The minimum Gasteiger partial charge on any atom is -0.493 e. The number of nitrogens with zero attached hydrogens (tertiary/aromatic N) is 1. The highest BCUT2D eigenvalue weighted by Gasteiger charge is 2.10. The fourth-order valence-electron chi connectivity index (χ4n) is 2.07. The molecular formula is C17H19N3O3. The van der Waals surface area contributed by atoms with Crippen molar-refractivity contribution in [3.63, 3.8) is 0 Å². The Balaban J connectivity index is 2.32. The number of hydrogen-bond donors (Lipinski definition) is 2. The first kappa shape index (κ1) is 16.5. The Bertz CT molecular complexity index is 741. The lowest BCUT2D eigenvalue weighted by molar-refractivity contribution is -0.138. The summed E-state index contributed by atoms with van der Waals surface area (Å²) in [6, 6.07) is 11.7. The molecule has 0 radical (unpaired) electrons. The molecule has 120 valence electrons. The van der Waals surface area contributed by atoms with Crippen molar-refractivity contribution in [1.82, 2.24) is 10.7 Å². The van der Waals surface area contributed by atoms with Gasteiger partial charge in [0.2, 0.25) is 0 Å². The standard InChI is InChI=1S/C17H19N3O3/c1-3-10-23-15-9-8-12-6-4-5-7-13(12)14(15)11-19-20-17(22)16(21)18-2/h4-9,11H,3,10H2,1-2H3,(H,18,21)(H,20,22)/b19-11-. The third-order valence-corrected chi connectivity index (χ3v) is 3.19. The molecule has 0 aliphatic rings. The normalized spacial score (nSPS) is 10.7. The van der Waals surface area contributed by atoms with E-state index in [1.807, 2.05) is 43.3 Å². The lowest BCUT2D eigenvalue weighted by atomic mass is 10.0. The molecule has 2 aromatic rings. The molecule has 2 aromatic carbocycles. The van der Waals surface area contributed by atoms with E-state index in [1.165, 1.54) is 13.3 Å². The lowest BCUT2D eigenvalue weighted by Gasteiger charge is -2.11. The molecule has 0 aliphatic heterocycles. The van der Waals surface area contributed by atoms with Gasteiger partial charge in [0.05, 0.1) is 12.8 Å². The number of hydrazone groups is 1. The first-order chi connectivity index (χ1) is 11.2. The van der Waals surface area contributed by atoms with Gasteiger partial charge in [0.25, 0.3) is 0 Å². The Morgan fingerprint density at radius 3 is 2.70 bits per heavy atom. The van der Waals surface area contributed by atoms with E-state index in [0.717, 1.165) is 22.8 Å². The zero-order valence-corrected chi connectivity index (χ0v) is 13.1. The van der Waals surface area contributed by atoms with Crippen LogP contribution in [0.1, 0.15) is 18.9 Å². The predicted octanol–water partition coefficient (Wildman–Crippen LogP) is 1.82. The van der Waals surface area contributed by atoms with E-state index in [-0.39, 0.29) is 0 Å². The van der Waals surface area contributed by atoms with Gasteiger partial charge in [-0.3, -0.25) is 9.59 Å². The van der Waals surface area contributed by atoms with E-state index < -0.39 is 11.8 Å². The third kappa shape index (κ3) is 4.06. The molecule has 0 aromatic heterocycles. The van der Waals surface area contributed by atoms with Crippen LogP contribution in [0.2, 0.25) is 0 Å². The summed E-state index contributed by atoms with van der Waals surface area (Å²) >= 11 is 0. The van der Waals surface area contributed by atoms with Crippen LogP contribution < -0.4 is 15.5 Å². The summed E-state index contributed by atoms with van der Waals surface area (Å²) in [5.74, 6) is -0.883. The zero-order valence-electron chi connectivity index (χ0n) is 13.1. The monoisotopic (exact) mass is 313 g/mol. The van der Waals surface area contributed by atoms with Crippen LogP contribution in [0, 0.1) is 0 Å². The van der Waals surface area contributed by atoms with Crippen LogP contribution >= 0.6 is 0 Å². The molecule has 0 fully saturated rings. The lowest BCUT2D eigenvalue weighted by Crippen LogP contribution is -2.35. The first-order valence-corrected chi connectivity index (χ1v) is 7.37. The van der Waals surface area contributed by atoms with Crippen LogP contribution in [0.4, 0.5) is 0 Å². The van der Waals surface area contributed by atoms with E-state index in [2.05, 4.69) is 15.8 Å². The molecule has 6 nitrogen and oxygen atoms in total. The van der Waals surface area contributed by atoms with Crippen LogP contribution in [0.5, 0.6) is 5.75 Å². The minimum atomic E-state index is -0.819. The Morgan fingerprint density at radius 2 is 1.96 bits per heavy atom. The molecule has 0 heterocycles. The van der Waals surface area contributed by atoms with Gasteiger partial charge in [0, 0.05) is 12.6 Å². The molecule has 2 N–H and O–H groups in total. The summed E-state index contributed by atoms with van der Waals surface area (Å²) in [6.07, 6.45) is 2.38. The number of ether oxygens (including phenoxy) is 1. The highest BCUT2D eigenvalue weighted by molar-refractivity contribution is 6.35. The summed E-state index contributed by atoms with van der Waals surface area (Å²) in [5, 5.41) is 8.09. The van der Waals surface area contributed by atoms with Crippen molar-refractivity contribution in [1.29, 1.82) is 0 Å². The van der Waals surface area contributed by atoms with Gasteiger partial charge in [0.15, 0.2) is 0 Å². The number of carbonyl (C=O) groups excluding carboxylic acids is 2. The molecule has 0 bridgehead atoms. The minimum absolute atomic E-state index is 0.587. The van der Waals surface area contributed by atoms with Gasteiger partial charge in [-0.1, -0.05) is 37.3 Å². The smallest absolute Gasteiger partial charge is 0.329 e. The topological polar surface area (TPSA) is 79.8 Å². The highest BCUT2D eigenvalue weighted by Crippen LogP contribution is 2.26. The predicted molar refractivity (Wildman–Crippen MR) is 89.5 cm³/mol. The third-order valence-electron chi connectivity index (χ3n) is 3.19. The second-order valence-electron chi connectivity index (χ2n) is 4.83. The van der Waals surface area contributed by atoms with Crippen LogP contribution in [0.3, 0.4) is 0 Å². The Kier molecular flexibility index (Phi) is 5.68. The molecular weight excluding hydrogens is 294 g/mol. The molecule has 2 amide bonds. The van der Waals surface area contributed by atoms with Crippen LogP contribution in [0.15, 0.2) is 41.5 Å². The van der Waals surface area contributed by atoms with Crippen LogP contribution in [-0.4, -0.2) is 31.7 Å². The molecule has 6 heteroatoms. The number of carbonyl (C=O) groups is 2. The van der Waals surface area contributed by atoms with E-state index in [1.54, 1.807) is 0 Å².